The molecular formula is C12H22N2. The summed E-state index contributed by atoms with van der Waals surface area (Å²) in [6.07, 6.45) is 7.98. The van der Waals surface area contributed by atoms with Crippen LogP contribution in [0.3, 0.4) is 0 Å². The van der Waals surface area contributed by atoms with Gasteiger partial charge >= 0.3 is 0 Å². The second kappa shape index (κ2) is 4.83. The summed E-state index contributed by atoms with van der Waals surface area (Å²) < 4.78 is 0. The zero-order chi connectivity index (χ0) is 9.80. The second-order valence-electron chi connectivity index (χ2n) is 4.43. The molecule has 1 N–H and O–H groups in total. The van der Waals surface area contributed by atoms with E-state index in [1.165, 1.54) is 51.6 Å². The highest BCUT2D eigenvalue weighted by Crippen LogP contribution is 2.29. The first-order chi connectivity index (χ1) is 6.92. The molecule has 0 aromatic rings. The average molecular weight is 194 g/mol. The van der Waals surface area contributed by atoms with Gasteiger partial charge in [-0.25, -0.2) is 0 Å². The molecule has 14 heavy (non-hydrogen) atoms. The molecule has 0 aromatic heterocycles. The summed E-state index contributed by atoms with van der Waals surface area (Å²) in [5.41, 5.74) is 3.44. The van der Waals surface area contributed by atoms with E-state index >= 15 is 0 Å². The number of hydrogen-bond acceptors (Lipinski definition) is 2. The van der Waals surface area contributed by atoms with Gasteiger partial charge in [-0.1, -0.05) is 18.9 Å². The van der Waals surface area contributed by atoms with Crippen LogP contribution in [0.5, 0.6) is 0 Å². The number of hydrogen-bond donors (Lipinski definition) is 1. The van der Waals surface area contributed by atoms with Crippen molar-refractivity contribution in [3.63, 3.8) is 0 Å². The maximum Gasteiger partial charge on any atom is 0.0679 e. The summed E-state index contributed by atoms with van der Waals surface area (Å²) in [5, 5.41) is 3.50. The van der Waals surface area contributed by atoms with E-state index in [-0.39, 0.29) is 0 Å². The Morgan fingerprint density at radius 3 is 3.07 bits per heavy atom. The molecule has 0 amide bonds. The summed E-state index contributed by atoms with van der Waals surface area (Å²) in [5.74, 6) is 0. The molecule has 2 rings (SSSR count). The molecule has 0 unspecified atom stereocenters. The fourth-order valence-electron chi connectivity index (χ4n) is 2.66. The lowest BCUT2D eigenvalue weighted by molar-refractivity contribution is 0.298. The quantitative estimate of drug-likeness (QED) is 0.726. The molecule has 0 radical (unpaired) electrons. The Bertz CT molecular complexity index is 220. The summed E-state index contributed by atoms with van der Waals surface area (Å²) in [6, 6.07) is 0. The maximum atomic E-state index is 3.50. The third kappa shape index (κ3) is 2.11. The molecule has 0 bridgehead atoms. The summed E-state index contributed by atoms with van der Waals surface area (Å²) in [6.45, 7) is 5.85. The molecule has 0 saturated carbocycles. The summed E-state index contributed by atoms with van der Waals surface area (Å²) in [7, 11) is 0. The Balaban J connectivity index is 2.14. The van der Waals surface area contributed by atoms with Crippen molar-refractivity contribution in [3.8, 4) is 0 Å². The number of allylic oxidation sites excluding steroid dienone is 2. The number of nitrogens with one attached hydrogen (secondary N) is 1. The third-order valence-electron chi connectivity index (χ3n) is 3.32. The van der Waals surface area contributed by atoms with Gasteiger partial charge in [0.15, 0.2) is 0 Å². The largest absolute Gasteiger partial charge is 0.362 e. The van der Waals surface area contributed by atoms with Gasteiger partial charge < -0.3 is 4.90 Å². The first-order valence-electron chi connectivity index (χ1n) is 6.08. The number of rotatable bonds is 2. The minimum absolute atomic E-state index is 1.09. The highest BCUT2D eigenvalue weighted by Gasteiger charge is 2.20. The van der Waals surface area contributed by atoms with Crippen molar-refractivity contribution in [2.24, 2.45) is 0 Å². The van der Waals surface area contributed by atoms with E-state index in [1.807, 2.05) is 0 Å². The lowest BCUT2D eigenvalue weighted by Crippen LogP contribution is -2.34. The minimum atomic E-state index is 1.09. The fourth-order valence-corrected chi connectivity index (χ4v) is 2.66. The van der Waals surface area contributed by atoms with E-state index in [1.54, 1.807) is 11.3 Å². The number of fused-ring (bicyclic) bond motifs is 1. The van der Waals surface area contributed by atoms with Crippen LogP contribution in [0, 0.1) is 0 Å². The van der Waals surface area contributed by atoms with E-state index < -0.39 is 0 Å². The lowest BCUT2D eigenvalue weighted by atomic mass is 9.96. The van der Waals surface area contributed by atoms with Crippen LogP contribution in [0.4, 0.5) is 0 Å². The Kier molecular flexibility index (Phi) is 3.46. The van der Waals surface area contributed by atoms with E-state index in [0.29, 0.717) is 0 Å². The second-order valence-corrected chi connectivity index (χ2v) is 4.43. The zero-order valence-electron chi connectivity index (χ0n) is 9.31. The highest BCUT2D eigenvalue weighted by atomic mass is 15.2. The number of nitrogens with zero attached hydrogens (tertiary/aromatic N) is 1. The monoisotopic (exact) mass is 194 g/mol. The molecule has 80 valence electrons. The van der Waals surface area contributed by atoms with Crippen LogP contribution < -0.4 is 5.32 Å². The van der Waals surface area contributed by atoms with Crippen molar-refractivity contribution in [2.75, 3.05) is 19.8 Å². The molecule has 0 spiro atoms. The summed E-state index contributed by atoms with van der Waals surface area (Å²) >= 11 is 0. The van der Waals surface area contributed by atoms with Gasteiger partial charge in [-0.15, -0.1) is 0 Å². The van der Waals surface area contributed by atoms with Crippen LogP contribution in [0.25, 0.3) is 0 Å². The lowest BCUT2D eigenvalue weighted by Gasteiger charge is -2.32. The van der Waals surface area contributed by atoms with Crippen molar-refractivity contribution >= 4 is 0 Å². The zero-order valence-corrected chi connectivity index (χ0v) is 9.31. The highest BCUT2D eigenvalue weighted by molar-refractivity contribution is 5.17. The Labute approximate surface area is 87.4 Å². The van der Waals surface area contributed by atoms with E-state index in [0.717, 1.165) is 6.67 Å². The molecular weight excluding hydrogens is 172 g/mol. The SMILES string of the molecule is CCCC1=C2CCCNCN2CCC1. The van der Waals surface area contributed by atoms with Crippen molar-refractivity contribution < 1.29 is 0 Å². The van der Waals surface area contributed by atoms with E-state index in [2.05, 4.69) is 17.1 Å². The van der Waals surface area contributed by atoms with E-state index in [9.17, 15) is 0 Å². The molecule has 2 aliphatic heterocycles. The molecule has 2 aliphatic rings. The van der Waals surface area contributed by atoms with Gasteiger partial charge in [-0.05, 0) is 38.6 Å². The van der Waals surface area contributed by atoms with Gasteiger partial charge in [0.1, 0.15) is 0 Å². The van der Waals surface area contributed by atoms with Crippen LogP contribution in [0.2, 0.25) is 0 Å². The third-order valence-corrected chi connectivity index (χ3v) is 3.32. The van der Waals surface area contributed by atoms with Crippen molar-refractivity contribution in [1.29, 1.82) is 0 Å². The van der Waals surface area contributed by atoms with Crippen LogP contribution in [0.15, 0.2) is 11.3 Å². The Morgan fingerprint density at radius 1 is 1.29 bits per heavy atom. The average Bonchev–Trinajstić information content (AvgIpc) is 2.44. The molecule has 1 fully saturated rings. The van der Waals surface area contributed by atoms with Gasteiger partial charge in [0.2, 0.25) is 0 Å². The fraction of sp³-hybridized carbons (Fsp3) is 0.833. The standard InChI is InChI=1S/C12H22N2/c1-2-5-11-6-4-9-14-10-13-8-3-7-12(11)14/h13H,2-10H2,1H3. The van der Waals surface area contributed by atoms with Gasteiger partial charge in [0.05, 0.1) is 6.67 Å². The van der Waals surface area contributed by atoms with Gasteiger partial charge in [-0.2, -0.15) is 0 Å². The predicted octanol–water partition coefficient (Wildman–Crippen LogP) is 2.48. The van der Waals surface area contributed by atoms with Crippen LogP contribution in [0.1, 0.15) is 45.4 Å². The predicted molar refractivity (Wildman–Crippen MR) is 60.0 cm³/mol. The molecule has 2 heterocycles. The van der Waals surface area contributed by atoms with Crippen LogP contribution >= 0.6 is 0 Å². The minimum Gasteiger partial charge on any atom is -0.362 e. The molecule has 0 aromatic carbocycles. The molecule has 2 heteroatoms. The van der Waals surface area contributed by atoms with Crippen molar-refractivity contribution in [1.82, 2.24) is 10.2 Å². The smallest absolute Gasteiger partial charge is 0.0679 e. The van der Waals surface area contributed by atoms with E-state index in [4.69, 9.17) is 0 Å². The molecule has 0 aliphatic carbocycles. The normalized spacial score (nSPS) is 23.4. The van der Waals surface area contributed by atoms with Crippen LogP contribution in [-0.2, 0) is 0 Å². The Morgan fingerprint density at radius 2 is 2.21 bits per heavy atom. The van der Waals surface area contributed by atoms with Gasteiger partial charge in [0, 0.05) is 12.2 Å². The van der Waals surface area contributed by atoms with Crippen molar-refractivity contribution in [2.45, 2.75) is 45.4 Å². The molecule has 1 saturated heterocycles. The van der Waals surface area contributed by atoms with Crippen molar-refractivity contribution in [3.05, 3.63) is 11.3 Å². The maximum absolute atomic E-state index is 3.50. The molecule has 0 atom stereocenters. The molecule has 2 nitrogen and oxygen atoms in total. The first kappa shape index (κ1) is 10.0. The van der Waals surface area contributed by atoms with Gasteiger partial charge in [0.25, 0.3) is 0 Å². The Hall–Kier alpha value is -0.500. The summed E-state index contributed by atoms with van der Waals surface area (Å²) in [4.78, 5) is 2.57. The van der Waals surface area contributed by atoms with Crippen LogP contribution in [-0.4, -0.2) is 24.7 Å². The van der Waals surface area contributed by atoms with Gasteiger partial charge in [-0.3, -0.25) is 5.32 Å². The first-order valence-corrected chi connectivity index (χ1v) is 6.08. The topological polar surface area (TPSA) is 15.3 Å².